The molecule has 120 valence electrons. The van der Waals surface area contributed by atoms with Gasteiger partial charge in [-0.05, 0) is 35.9 Å². The summed E-state index contributed by atoms with van der Waals surface area (Å²) in [5.41, 5.74) is 0.886. The Kier molecular flexibility index (Phi) is 3.57. The fraction of sp³-hybridized carbons (Fsp3) is 0.0588. The number of carbonyl (C=O) groups is 1. The molecule has 0 unspecified atom stereocenters. The minimum atomic E-state index is -0.641. The maximum atomic E-state index is 13.8. The highest BCUT2D eigenvalue weighted by atomic mass is 79.9. The number of fused-ring (bicyclic) bond motifs is 1. The van der Waals surface area contributed by atoms with Gasteiger partial charge in [-0.2, -0.15) is 0 Å². The lowest BCUT2D eigenvalue weighted by Gasteiger charge is -2.02. The first kappa shape index (κ1) is 14.9. The third-order valence-electron chi connectivity index (χ3n) is 3.51. The van der Waals surface area contributed by atoms with Crippen LogP contribution in [0, 0.1) is 5.82 Å². The highest BCUT2D eigenvalue weighted by Crippen LogP contribution is 2.38. The van der Waals surface area contributed by atoms with Gasteiger partial charge in [-0.25, -0.2) is 14.2 Å². The van der Waals surface area contributed by atoms with Crippen LogP contribution in [-0.4, -0.2) is 18.7 Å². The summed E-state index contributed by atoms with van der Waals surface area (Å²) in [4.78, 5) is 16.1. The zero-order chi connectivity index (χ0) is 16.7. The third kappa shape index (κ3) is 2.56. The van der Waals surface area contributed by atoms with Crippen molar-refractivity contribution in [2.75, 3.05) is 6.79 Å². The molecule has 2 heterocycles. The number of aliphatic imine (C=N–C) groups is 1. The van der Waals surface area contributed by atoms with Crippen LogP contribution in [0.5, 0.6) is 11.5 Å². The van der Waals surface area contributed by atoms with E-state index in [1.54, 1.807) is 30.3 Å². The number of esters is 1. The van der Waals surface area contributed by atoms with Gasteiger partial charge in [0.1, 0.15) is 5.82 Å². The van der Waals surface area contributed by atoms with E-state index in [9.17, 15) is 9.18 Å². The topological polar surface area (TPSA) is 57.1 Å². The maximum Gasteiger partial charge on any atom is 0.363 e. The van der Waals surface area contributed by atoms with E-state index in [2.05, 4.69) is 20.9 Å². The van der Waals surface area contributed by atoms with Crippen LogP contribution in [0.4, 0.5) is 4.39 Å². The predicted octanol–water partition coefficient (Wildman–Crippen LogP) is 3.66. The molecule has 7 heteroatoms. The van der Waals surface area contributed by atoms with Crippen molar-refractivity contribution in [2.45, 2.75) is 0 Å². The normalized spacial score (nSPS) is 17.2. The summed E-state index contributed by atoms with van der Waals surface area (Å²) in [5.74, 6) is -0.00288. The van der Waals surface area contributed by atoms with Crippen LogP contribution in [-0.2, 0) is 9.53 Å². The fourth-order valence-electron chi connectivity index (χ4n) is 2.35. The summed E-state index contributed by atoms with van der Waals surface area (Å²) < 4.78 is 30.2. The second kappa shape index (κ2) is 5.76. The summed E-state index contributed by atoms with van der Waals surface area (Å²) >= 11 is 3.41. The number of rotatable bonds is 2. The van der Waals surface area contributed by atoms with Crippen molar-refractivity contribution < 1.29 is 23.4 Å². The molecule has 0 saturated heterocycles. The standard InChI is InChI=1S/C17H9BrFNO4/c18-11-7-15-14(22-8-23-15)6-9(11)5-13-17(21)24-16(20-13)10-3-1-2-4-12(10)19/h1-7H,8H2/b13-5-. The lowest BCUT2D eigenvalue weighted by Crippen LogP contribution is -2.07. The van der Waals surface area contributed by atoms with Gasteiger partial charge in [-0.1, -0.05) is 28.1 Å². The van der Waals surface area contributed by atoms with E-state index in [-0.39, 0.29) is 24.0 Å². The molecule has 2 aromatic carbocycles. The molecule has 5 nitrogen and oxygen atoms in total. The molecule has 2 aromatic rings. The Balaban J connectivity index is 1.73. The third-order valence-corrected chi connectivity index (χ3v) is 4.20. The molecule has 0 aromatic heterocycles. The minimum absolute atomic E-state index is 0.0544. The molecular weight excluding hydrogens is 381 g/mol. The van der Waals surface area contributed by atoms with Gasteiger partial charge in [-0.15, -0.1) is 0 Å². The summed E-state index contributed by atoms with van der Waals surface area (Å²) in [6.07, 6.45) is 1.54. The number of nitrogens with zero attached hydrogens (tertiary/aromatic N) is 1. The van der Waals surface area contributed by atoms with Gasteiger partial charge in [-0.3, -0.25) is 0 Å². The molecule has 4 rings (SSSR count). The van der Waals surface area contributed by atoms with Crippen molar-refractivity contribution in [3.05, 3.63) is 63.5 Å². The minimum Gasteiger partial charge on any atom is -0.454 e. The van der Waals surface area contributed by atoms with Crippen LogP contribution in [0.2, 0.25) is 0 Å². The number of hydrogen-bond donors (Lipinski definition) is 0. The Hall–Kier alpha value is -2.67. The van der Waals surface area contributed by atoms with Gasteiger partial charge in [0.2, 0.25) is 12.7 Å². The number of carbonyl (C=O) groups excluding carboxylic acids is 1. The zero-order valence-electron chi connectivity index (χ0n) is 12.1. The van der Waals surface area contributed by atoms with Crippen LogP contribution < -0.4 is 9.47 Å². The van der Waals surface area contributed by atoms with Gasteiger partial charge in [0.05, 0.1) is 5.56 Å². The van der Waals surface area contributed by atoms with E-state index in [1.165, 1.54) is 12.1 Å². The first-order chi connectivity index (χ1) is 11.6. The second-order valence-corrected chi connectivity index (χ2v) is 5.90. The molecule has 0 fully saturated rings. The Morgan fingerprint density at radius 1 is 1.17 bits per heavy atom. The van der Waals surface area contributed by atoms with Crippen molar-refractivity contribution in [1.82, 2.24) is 0 Å². The molecule has 0 N–H and O–H groups in total. The largest absolute Gasteiger partial charge is 0.454 e. The van der Waals surface area contributed by atoms with Gasteiger partial charge in [0.25, 0.3) is 0 Å². The van der Waals surface area contributed by atoms with Crippen LogP contribution in [0.15, 0.2) is 51.6 Å². The Morgan fingerprint density at radius 3 is 2.71 bits per heavy atom. The van der Waals surface area contributed by atoms with Crippen molar-refractivity contribution in [3.63, 3.8) is 0 Å². The van der Waals surface area contributed by atoms with E-state index >= 15 is 0 Å². The van der Waals surface area contributed by atoms with E-state index in [4.69, 9.17) is 14.2 Å². The Morgan fingerprint density at radius 2 is 1.92 bits per heavy atom. The number of benzene rings is 2. The highest BCUT2D eigenvalue weighted by Gasteiger charge is 2.26. The van der Waals surface area contributed by atoms with E-state index in [0.717, 1.165) is 0 Å². The van der Waals surface area contributed by atoms with Gasteiger partial charge in [0.15, 0.2) is 17.2 Å². The number of hydrogen-bond acceptors (Lipinski definition) is 5. The fourth-order valence-corrected chi connectivity index (χ4v) is 2.79. The second-order valence-electron chi connectivity index (χ2n) is 5.04. The molecule has 2 aliphatic rings. The average Bonchev–Trinajstić information content (AvgIpc) is 3.15. The molecule has 0 atom stereocenters. The number of ether oxygens (including phenoxy) is 3. The first-order valence-corrected chi connectivity index (χ1v) is 7.78. The molecule has 0 spiro atoms. The molecule has 0 aliphatic carbocycles. The molecule has 0 saturated carbocycles. The Bertz CT molecular complexity index is 923. The molecular formula is C17H9BrFNO4. The average molecular weight is 390 g/mol. The van der Waals surface area contributed by atoms with Crippen LogP contribution >= 0.6 is 15.9 Å². The predicted molar refractivity (Wildman–Crippen MR) is 87.3 cm³/mol. The number of cyclic esters (lactones) is 1. The first-order valence-electron chi connectivity index (χ1n) is 6.98. The maximum absolute atomic E-state index is 13.8. The van der Waals surface area contributed by atoms with Crippen LogP contribution in [0.1, 0.15) is 11.1 Å². The molecule has 0 amide bonds. The molecule has 24 heavy (non-hydrogen) atoms. The molecule has 0 radical (unpaired) electrons. The number of halogens is 2. The summed E-state index contributed by atoms with van der Waals surface area (Å²) in [6.45, 7) is 0.152. The molecule has 2 aliphatic heterocycles. The quantitative estimate of drug-likeness (QED) is 0.580. The van der Waals surface area contributed by atoms with Crippen molar-refractivity contribution >= 4 is 33.9 Å². The summed E-state index contributed by atoms with van der Waals surface area (Å²) in [7, 11) is 0. The lowest BCUT2D eigenvalue weighted by atomic mass is 10.1. The van der Waals surface area contributed by atoms with Crippen LogP contribution in [0.25, 0.3) is 6.08 Å². The summed E-state index contributed by atoms with van der Waals surface area (Å²) in [5, 5.41) is 0. The van der Waals surface area contributed by atoms with Crippen molar-refractivity contribution in [2.24, 2.45) is 4.99 Å². The van der Waals surface area contributed by atoms with Crippen LogP contribution in [0.3, 0.4) is 0 Å². The molecule has 0 bridgehead atoms. The van der Waals surface area contributed by atoms with Gasteiger partial charge in [0, 0.05) is 4.47 Å². The monoisotopic (exact) mass is 389 g/mol. The van der Waals surface area contributed by atoms with Gasteiger partial charge < -0.3 is 14.2 Å². The van der Waals surface area contributed by atoms with Crippen molar-refractivity contribution in [1.29, 1.82) is 0 Å². The van der Waals surface area contributed by atoms with E-state index in [0.29, 0.717) is 21.5 Å². The van der Waals surface area contributed by atoms with E-state index in [1.807, 2.05) is 0 Å². The van der Waals surface area contributed by atoms with Crippen molar-refractivity contribution in [3.8, 4) is 11.5 Å². The SMILES string of the molecule is O=C1OC(c2ccccc2F)=N/C1=C\c1cc2c(cc1Br)OCO2. The van der Waals surface area contributed by atoms with E-state index < -0.39 is 11.8 Å². The summed E-state index contributed by atoms with van der Waals surface area (Å²) in [6, 6.07) is 9.45. The Labute approximate surface area is 144 Å². The zero-order valence-corrected chi connectivity index (χ0v) is 13.7. The highest BCUT2D eigenvalue weighted by molar-refractivity contribution is 9.10. The smallest absolute Gasteiger partial charge is 0.363 e. The lowest BCUT2D eigenvalue weighted by molar-refractivity contribution is -0.129. The van der Waals surface area contributed by atoms with Gasteiger partial charge >= 0.3 is 5.97 Å².